The number of hydrogen-bond donors (Lipinski definition) is 1. The molecule has 2 amide bonds. The van der Waals surface area contributed by atoms with Crippen molar-refractivity contribution in [3.63, 3.8) is 0 Å². The summed E-state index contributed by atoms with van der Waals surface area (Å²) in [6.45, 7) is 2.91. The number of benzene rings is 1. The third kappa shape index (κ3) is 3.91. The lowest BCUT2D eigenvalue weighted by molar-refractivity contribution is 0.0667. The Hall–Kier alpha value is -3.42. The third-order valence-corrected chi connectivity index (χ3v) is 5.17. The van der Waals surface area contributed by atoms with Gasteiger partial charge in [-0.1, -0.05) is 0 Å². The zero-order valence-electron chi connectivity index (χ0n) is 16.0. The molecule has 2 aromatic heterocycles. The standard InChI is InChI=1S/C21H21FN4O3/c1-14-18(13-23-26(14)17-6-4-15(22)5-7-17)20(27)24-16-8-10-25(11-9-16)21(28)19-3-2-12-29-19/h2-7,12-13,16H,8-11H2,1H3,(H,24,27). The number of carbonyl (C=O) groups excluding carboxylic acids is 2. The Morgan fingerprint density at radius 1 is 1.17 bits per heavy atom. The van der Waals surface area contributed by atoms with E-state index in [2.05, 4.69) is 10.4 Å². The number of likely N-dealkylation sites (tertiary alicyclic amines) is 1. The van der Waals surface area contributed by atoms with E-state index >= 15 is 0 Å². The van der Waals surface area contributed by atoms with E-state index in [4.69, 9.17) is 4.42 Å². The van der Waals surface area contributed by atoms with E-state index in [9.17, 15) is 14.0 Å². The molecule has 0 aliphatic carbocycles. The second kappa shape index (κ2) is 7.90. The van der Waals surface area contributed by atoms with Crippen LogP contribution in [0.1, 0.15) is 39.4 Å². The van der Waals surface area contributed by atoms with E-state index in [-0.39, 0.29) is 23.7 Å². The number of piperidine rings is 1. The van der Waals surface area contributed by atoms with Crippen molar-refractivity contribution in [2.24, 2.45) is 0 Å². The molecule has 1 aliphatic heterocycles. The summed E-state index contributed by atoms with van der Waals surface area (Å²) < 4.78 is 19.9. The van der Waals surface area contributed by atoms with Gasteiger partial charge in [0.2, 0.25) is 0 Å². The molecule has 29 heavy (non-hydrogen) atoms. The van der Waals surface area contributed by atoms with Crippen LogP contribution in [-0.4, -0.2) is 45.6 Å². The zero-order valence-corrected chi connectivity index (χ0v) is 16.0. The number of hydrogen-bond acceptors (Lipinski definition) is 4. The Labute approximate surface area is 167 Å². The van der Waals surface area contributed by atoms with Gasteiger partial charge in [-0.2, -0.15) is 5.10 Å². The molecule has 0 unspecified atom stereocenters. The molecule has 8 heteroatoms. The topological polar surface area (TPSA) is 80.4 Å². The minimum atomic E-state index is -0.326. The van der Waals surface area contributed by atoms with E-state index in [0.29, 0.717) is 48.6 Å². The number of furan rings is 1. The Morgan fingerprint density at radius 2 is 1.90 bits per heavy atom. The van der Waals surface area contributed by atoms with Crippen LogP contribution in [-0.2, 0) is 0 Å². The van der Waals surface area contributed by atoms with Crippen LogP contribution in [0.25, 0.3) is 5.69 Å². The van der Waals surface area contributed by atoms with Gasteiger partial charge >= 0.3 is 0 Å². The van der Waals surface area contributed by atoms with Crippen molar-refractivity contribution in [1.29, 1.82) is 0 Å². The molecule has 1 aromatic carbocycles. The van der Waals surface area contributed by atoms with Gasteiger partial charge in [-0.05, 0) is 56.2 Å². The summed E-state index contributed by atoms with van der Waals surface area (Å²) in [6, 6.07) is 9.26. The normalized spacial score (nSPS) is 14.8. The molecule has 7 nitrogen and oxygen atoms in total. The van der Waals surface area contributed by atoms with Gasteiger partial charge in [0, 0.05) is 19.1 Å². The zero-order chi connectivity index (χ0) is 20.4. The molecule has 3 heterocycles. The maximum Gasteiger partial charge on any atom is 0.289 e. The van der Waals surface area contributed by atoms with Gasteiger partial charge < -0.3 is 14.6 Å². The van der Waals surface area contributed by atoms with Crippen molar-refractivity contribution >= 4 is 11.8 Å². The summed E-state index contributed by atoms with van der Waals surface area (Å²) in [5, 5.41) is 7.29. The Kier molecular flexibility index (Phi) is 5.16. The molecule has 0 spiro atoms. The van der Waals surface area contributed by atoms with Crippen LogP contribution < -0.4 is 5.32 Å². The van der Waals surface area contributed by atoms with Gasteiger partial charge in [-0.15, -0.1) is 0 Å². The molecule has 150 valence electrons. The van der Waals surface area contributed by atoms with Crippen LogP contribution in [0.3, 0.4) is 0 Å². The van der Waals surface area contributed by atoms with E-state index < -0.39 is 0 Å². The van der Waals surface area contributed by atoms with Gasteiger partial charge in [-0.3, -0.25) is 9.59 Å². The number of rotatable bonds is 4. The fourth-order valence-electron chi connectivity index (χ4n) is 3.52. The van der Waals surface area contributed by atoms with Crippen molar-refractivity contribution in [1.82, 2.24) is 20.0 Å². The number of carbonyl (C=O) groups is 2. The maximum atomic E-state index is 13.1. The van der Waals surface area contributed by atoms with E-state index in [1.54, 1.807) is 40.8 Å². The maximum absolute atomic E-state index is 13.1. The molecule has 1 aliphatic rings. The number of aromatic nitrogens is 2. The summed E-state index contributed by atoms with van der Waals surface area (Å²) >= 11 is 0. The highest BCUT2D eigenvalue weighted by molar-refractivity contribution is 5.95. The first kappa shape index (κ1) is 18.9. The summed E-state index contributed by atoms with van der Waals surface area (Å²) in [5.74, 6) is -0.326. The molecule has 4 rings (SSSR count). The lowest BCUT2D eigenvalue weighted by Crippen LogP contribution is -2.46. The Morgan fingerprint density at radius 3 is 2.55 bits per heavy atom. The predicted molar refractivity (Wildman–Crippen MR) is 103 cm³/mol. The van der Waals surface area contributed by atoms with Crippen LogP contribution in [0.5, 0.6) is 0 Å². The van der Waals surface area contributed by atoms with E-state index in [1.807, 2.05) is 0 Å². The molecule has 1 N–H and O–H groups in total. The van der Waals surface area contributed by atoms with Gasteiger partial charge in [0.15, 0.2) is 5.76 Å². The second-order valence-electron chi connectivity index (χ2n) is 7.05. The Bertz CT molecular complexity index is 1000. The van der Waals surface area contributed by atoms with E-state index in [0.717, 1.165) is 0 Å². The fourth-order valence-corrected chi connectivity index (χ4v) is 3.52. The molecule has 1 saturated heterocycles. The van der Waals surface area contributed by atoms with Crippen LogP contribution in [0.4, 0.5) is 4.39 Å². The highest BCUT2D eigenvalue weighted by atomic mass is 19.1. The minimum absolute atomic E-state index is 0.0169. The van der Waals surface area contributed by atoms with Gasteiger partial charge in [0.05, 0.1) is 29.4 Å². The number of amides is 2. The van der Waals surface area contributed by atoms with Crippen LogP contribution in [0.15, 0.2) is 53.3 Å². The van der Waals surface area contributed by atoms with Gasteiger partial charge in [0.25, 0.3) is 11.8 Å². The number of halogens is 1. The molecule has 0 saturated carbocycles. The Balaban J connectivity index is 1.37. The SMILES string of the molecule is Cc1c(C(=O)NC2CCN(C(=O)c3ccco3)CC2)cnn1-c1ccc(F)cc1. The molecule has 0 bridgehead atoms. The minimum Gasteiger partial charge on any atom is -0.459 e. The molecular weight excluding hydrogens is 375 g/mol. The summed E-state index contributed by atoms with van der Waals surface area (Å²) in [5.41, 5.74) is 1.84. The highest BCUT2D eigenvalue weighted by Gasteiger charge is 2.27. The summed E-state index contributed by atoms with van der Waals surface area (Å²) in [6.07, 6.45) is 4.34. The molecule has 1 fully saturated rings. The number of nitrogens with one attached hydrogen (secondary N) is 1. The smallest absolute Gasteiger partial charge is 0.289 e. The van der Waals surface area contributed by atoms with Crippen molar-refractivity contribution in [2.75, 3.05) is 13.1 Å². The van der Waals surface area contributed by atoms with Crippen molar-refractivity contribution in [3.05, 3.63) is 71.7 Å². The van der Waals surface area contributed by atoms with Crippen molar-refractivity contribution in [2.45, 2.75) is 25.8 Å². The van der Waals surface area contributed by atoms with Crippen molar-refractivity contribution in [3.8, 4) is 5.69 Å². The molecule has 3 aromatic rings. The van der Waals surface area contributed by atoms with Crippen LogP contribution in [0.2, 0.25) is 0 Å². The first-order valence-corrected chi connectivity index (χ1v) is 9.47. The highest BCUT2D eigenvalue weighted by Crippen LogP contribution is 2.17. The average Bonchev–Trinajstić information content (AvgIpc) is 3.39. The molecular formula is C21H21FN4O3. The van der Waals surface area contributed by atoms with Gasteiger partial charge in [-0.25, -0.2) is 9.07 Å². The summed E-state index contributed by atoms with van der Waals surface area (Å²) in [4.78, 5) is 26.8. The predicted octanol–water partition coefficient (Wildman–Crippen LogP) is 2.95. The fraction of sp³-hybridized carbons (Fsp3) is 0.286. The lowest BCUT2D eigenvalue weighted by atomic mass is 10.0. The van der Waals surface area contributed by atoms with Crippen LogP contribution in [0, 0.1) is 12.7 Å². The van der Waals surface area contributed by atoms with Crippen molar-refractivity contribution < 1.29 is 18.4 Å². The van der Waals surface area contributed by atoms with E-state index in [1.165, 1.54) is 24.6 Å². The quantitative estimate of drug-likeness (QED) is 0.735. The summed E-state index contributed by atoms with van der Waals surface area (Å²) in [7, 11) is 0. The third-order valence-electron chi connectivity index (χ3n) is 5.17. The number of nitrogens with zero attached hydrogens (tertiary/aromatic N) is 3. The molecule has 0 radical (unpaired) electrons. The average molecular weight is 396 g/mol. The molecule has 0 atom stereocenters. The first-order valence-electron chi connectivity index (χ1n) is 9.47. The second-order valence-corrected chi connectivity index (χ2v) is 7.05. The van der Waals surface area contributed by atoms with Gasteiger partial charge in [0.1, 0.15) is 5.82 Å². The first-order chi connectivity index (χ1) is 14.0. The largest absolute Gasteiger partial charge is 0.459 e. The van der Waals surface area contributed by atoms with Crippen LogP contribution >= 0.6 is 0 Å². The monoisotopic (exact) mass is 396 g/mol. The lowest BCUT2D eigenvalue weighted by Gasteiger charge is -2.31.